The van der Waals surface area contributed by atoms with Crippen molar-refractivity contribution in [3.05, 3.63) is 35.4 Å². The van der Waals surface area contributed by atoms with Crippen molar-refractivity contribution >= 4 is 31.7 Å². The van der Waals surface area contributed by atoms with Gasteiger partial charge in [-0.15, -0.1) is 0 Å². The van der Waals surface area contributed by atoms with Crippen LogP contribution in [0.15, 0.2) is 34.1 Å². The van der Waals surface area contributed by atoms with E-state index in [1.165, 1.54) is 33.3 Å². The number of fused-ring (bicyclic) bond motifs is 1. The maximum Gasteiger partial charge on any atom is 0.337 e. The number of ether oxygens (including phenoxy) is 3. The number of phenols is 1. The van der Waals surface area contributed by atoms with Crippen LogP contribution >= 0.6 is 0 Å². The van der Waals surface area contributed by atoms with Gasteiger partial charge in [-0.05, 0) is 29.8 Å². The number of esters is 1. The van der Waals surface area contributed by atoms with Crippen LogP contribution in [0.25, 0.3) is 0 Å². The van der Waals surface area contributed by atoms with Crippen molar-refractivity contribution in [1.82, 2.24) is 4.31 Å². The summed E-state index contributed by atoms with van der Waals surface area (Å²) in [5.41, 5.74) is -0.105. The van der Waals surface area contributed by atoms with Crippen LogP contribution < -0.4 is 14.2 Å². The fourth-order valence-electron chi connectivity index (χ4n) is 2.97. The summed E-state index contributed by atoms with van der Waals surface area (Å²) in [6.07, 6.45) is 0. The van der Waals surface area contributed by atoms with Crippen LogP contribution in [0, 0.1) is 0 Å². The van der Waals surface area contributed by atoms with Gasteiger partial charge < -0.3 is 19.3 Å². The molecule has 0 unspecified atom stereocenters. The van der Waals surface area contributed by atoms with Crippen LogP contribution in [0.5, 0.6) is 17.2 Å². The molecule has 2 aromatic rings. The van der Waals surface area contributed by atoms with E-state index in [4.69, 9.17) is 14.4 Å². The molecule has 0 aromatic heterocycles. The highest BCUT2D eigenvalue weighted by molar-refractivity contribution is 7.92. The van der Waals surface area contributed by atoms with Gasteiger partial charge >= 0.3 is 5.97 Å². The van der Waals surface area contributed by atoms with E-state index in [0.29, 0.717) is 0 Å². The molecule has 0 atom stereocenters. The number of aromatic hydroxyl groups is 1. The third kappa shape index (κ3) is 4.88. The summed E-state index contributed by atoms with van der Waals surface area (Å²) in [5.74, 6) is -2.06. The number of carbonyl (C=O) groups is 1. The Morgan fingerprint density at radius 2 is 1.76 bits per heavy atom. The van der Waals surface area contributed by atoms with Gasteiger partial charge in [0.05, 0.1) is 30.4 Å². The Bertz CT molecular complexity index is 1320. The number of anilines is 1. The molecule has 13 nitrogen and oxygen atoms in total. The molecule has 0 fully saturated rings. The second kappa shape index (κ2) is 9.63. The maximum absolute atomic E-state index is 13.2. The van der Waals surface area contributed by atoms with E-state index in [2.05, 4.69) is 14.3 Å². The van der Waals surface area contributed by atoms with Gasteiger partial charge in [0.15, 0.2) is 11.5 Å². The third-order valence-corrected chi connectivity index (χ3v) is 7.80. The van der Waals surface area contributed by atoms with Gasteiger partial charge in [-0.2, -0.15) is 0 Å². The number of nitrogens with one attached hydrogen (secondary N) is 1. The van der Waals surface area contributed by atoms with Gasteiger partial charge in [-0.1, -0.05) is 0 Å². The molecular weight excluding hydrogens is 496 g/mol. The molecule has 0 spiro atoms. The number of carbonyl (C=O) groups excluding carboxylic acids is 1. The van der Waals surface area contributed by atoms with E-state index in [-0.39, 0.29) is 46.6 Å². The predicted molar refractivity (Wildman–Crippen MR) is 115 cm³/mol. The van der Waals surface area contributed by atoms with Crippen molar-refractivity contribution in [2.75, 3.05) is 39.8 Å². The van der Waals surface area contributed by atoms with Gasteiger partial charge in [0.1, 0.15) is 11.5 Å². The maximum atomic E-state index is 13.2. The molecule has 34 heavy (non-hydrogen) atoms. The molecule has 186 valence electrons. The second-order valence-corrected chi connectivity index (χ2v) is 10.8. The molecule has 0 bridgehead atoms. The summed E-state index contributed by atoms with van der Waals surface area (Å²) in [7, 11) is -3.73. The summed E-state index contributed by atoms with van der Waals surface area (Å²) in [5, 5.41) is 10.4. The van der Waals surface area contributed by atoms with E-state index in [1.54, 1.807) is 0 Å². The summed E-state index contributed by atoms with van der Waals surface area (Å²) in [4.78, 5) is 20.4. The summed E-state index contributed by atoms with van der Waals surface area (Å²) < 4.78 is 69.9. The zero-order chi connectivity index (χ0) is 25.3. The topological polar surface area (TPSA) is 167 Å². The number of nitrogens with zero attached hydrogens (tertiary/aromatic N) is 1. The zero-order valence-electron chi connectivity index (χ0n) is 18.5. The molecule has 0 saturated heterocycles. The molecule has 0 aliphatic carbocycles. The van der Waals surface area contributed by atoms with Crippen LogP contribution in [-0.4, -0.2) is 67.3 Å². The van der Waals surface area contributed by atoms with Gasteiger partial charge in [0.2, 0.25) is 22.6 Å². The minimum atomic E-state index is -4.42. The lowest BCUT2D eigenvalue weighted by Gasteiger charge is -2.17. The number of benzene rings is 2. The van der Waals surface area contributed by atoms with Crippen molar-refractivity contribution < 1.29 is 50.7 Å². The Kier molecular flexibility index (Phi) is 7.23. The highest BCUT2D eigenvalue weighted by Gasteiger charge is 2.33. The van der Waals surface area contributed by atoms with Crippen LogP contribution in [-0.2, 0) is 41.2 Å². The van der Waals surface area contributed by atoms with E-state index in [1.807, 2.05) is 0 Å². The first-order valence-electron chi connectivity index (χ1n) is 9.41. The molecule has 15 heteroatoms. The van der Waals surface area contributed by atoms with Gasteiger partial charge in [0, 0.05) is 14.1 Å². The lowest BCUT2D eigenvalue weighted by atomic mass is 10.1. The number of rotatable bonds is 9. The summed E-state index contributed by atoms with van der Waals surface area (Å²) >= 11 is 0. The minimum Gasteiger partial charge on any atom is -0.503 e. The number of phenolic OH excluding ortho intramolecular Hbond substituents is 1. The van der Waals surface area contributed by atoms with Crippen LogP contribution in [0.2, 0.25) is 0 Å². The first-order chi connectivity index (χ1) is 15.9. The lowest BCUT2D eigenvalue weighted by molar-refractivity contribution is -0.282. The largest absolute Gasteiger partial charge is 0.503 e. The van der Waals surface area contributed by atoms with Crippen molar-refractivity contribution in [1.29, 1.82) is 0 Å². The second-order valence-electron chi connectivity index (χ2n) is 7.01. The highest BCUT2D eigenvalue weighted by atomic mass is 32.2. The first kappa shape index (κ1) is 25.5. The van der Waals surface area contributed by atoms with Gasteiger partial charge in [-0.3, -0.25) is 4.72 Å². The molecule has 2 aromatic carbocycles. The average molecular weight is 519 g/mol. The van der Waals surface area contributed by atoms with E-state index in [0.717, 1.165) is 23.5 Å². The number of sulfonamides is 2. The van der Waals surface area contributed by atoms with Crippen LogP contribution in [0.4, 0.5) is 5.69 Å². The fourth-order valence-corrected chi connectivity index (χ4v) is 5.11. The third-order valence-electron chi connectivity index (χ3n) is 4.63. The molecule has 3 rings (SSSR count). The molecule has 0 amide bonds. The Hall–Kier alpha value is -3.11. The molecule has 0 saturated carbocycles. The van der Waals surface area contributed by atoms with E-state index < -0.39 is 36.7 Å². The minimum absolute atomic E-state index is 0.0773. The quantitative estimate of drug-likeness (QED) is 0.211. The molecule has 1 heterocycles. The van der Waals surface area contributed by atoms with Gasteiger partial charge in [0.25, 0.3) is 10.0 Å². The zero-order valence-corrected chi connectivity index (χ0v) is 20.2. The monoisotopic (exact) mass is 518 g/mol. The van der Waals surface area contributed by atoms with E-state index in [9.17, 15) is 26.7 Å². The summed E-state index contributed by atoms with van der Waals surface area (Å²) in [6, 6.07) is 4.57. The molecule has 0 radical (unpaired) electrons. The normalized spacial score (nSPS) is 13.2. The smallest absolute Gasteiger partial charge is 0.337 e. The first-order valence-corrected chi connectivity index (χ1v) is 12.3. The standard InChI is InChI=1S/C19H22N2O11S2/c1-21(2)34(26,27)15-8-14(17-18(16(15)22)31-10-30-17)20-33(24,25)13-6-11(9-32-29-4)5-12(7-13)19(23)28-3/h5-8,20,22H,9-10H2,1-4H3. The molecule has 2 N–H and O–H groups in total. The van der Waals surface area contributed by atoms with Crippen molar-refractivity contribution in [2.24, 2.45) is 0 Å². The van der Waals surface area contributed by atoms with E-state index >= 15 is 0 Å². The highest BCUT2D eigenvalue weighted by Crippen LogP contribution is 2.50. The van der Waals surface area contributed by atoms with Gasteiger partial charge in [-0.25, -0.2) is 35.7 Å². The fraction of sp³-hybridized carbons (Fsp3) is 0.316. The van der Waals surface area contributed by atoms with Crippen molar-refractivity contribution in [3.8, 4) is 17.2 Å². The van der Waals surface area contributed by atoms with Crippen molar-refractivity contribution in [2.45, 2.75) is 16.4 Å². The Morgan fingerprint density at radius 1 is 1.09 bits per heavy atom. The molecule has 1 aliphatic rings. The SMILES string of the molecule is COOCc1cc(C(=O)OC)cc(S(=O)(=O)Nc2cc(S(=O)(=O)N(C)C)c(O)c3c2OCO3)c1. The number of hydrogen-bond acceptors (Lipinski definition) is 11. The van der Waals surface area contributed by atoms with Crippen LogP contribution in [0.1, 0.15) is 15.9 Å². The molecule has 1 aliphatic heterocycles. The Balaban J connectivity index is 2.13. The molecular formula is C19H22N2O11S2. The lowest BCUT2D eigenvalue weighted by Crippen LogP contribution is -2.23. The van der Waals surface area contributed by atoms with Crippen molar-refractivity contribution in [3.63, 3.8) is 0 Å². The number of hydrogen-bond donors (Lipinski definition) is 2. The number of methoxy groups -OCH3 is 1. The van der Waals surface area contributed by atoms with Crippen LogP contribution in [0.3, 0.4) is 0 Å². The predicted octanol–water partition coefficient (Wildman–Crippen LogP) is 1.04. The Morgan fingerprint density at radius 3 is 2.38 bits per heavy atom. The summed E-state index contributed by atoms with van der Waals surface area (Å²) in [6.45, 7) is -0.555. The average Bonchev–Trinajstić information content (AvgIpc) is 3.29. The Labute approximate surface area is 195 Å².